The van der Waals surface area contributed by atoms with Crippen LogP contribution in [-0.4, -0.2) is 30.2 Å². The van der Waals surface area contributed by atoms with E-state index >= 15 is 0 Å². The summed E-state index contributed by atoms with van der Waals surface area (Å²) in [6.07, 6.45) is 3.72. The van der Waals surface area contributed by atoms with E-state index in [0.717, 1.165) is 25.9 Å². The van der Waals surface area contributed by atoms with Gasteiger partial charge in [-0.15, -0.1) is 0 Å². The van der Waals surface area contributed by atoms with Crippen LogP contribution in [0.15, 0.2) is 0 Å². The van der Waals surface area contributed by atoms with E-state index in [0.29, 0.717) is 11.4 Å². The standard InChI is InChI=1S/C9H16N2O2S/c10-8(14)6-11-9(12)5-7-3-1-2-4-13-7/h7H,1-6H2,(H2,10,14)(H,11,12). The maximum atomic E-state index is 11.3. The molecule has 5 heteroatoms. The average molecular weight is 216 g/mol. The number of rotatable bonds is 4. The van der Waals surface area contributed by atoms with Gasteiger partial charge in [0.05, 0.1) is 24.1 Å². The third-order valence-corrected chi connectivity index (χ3v) is 2.29. The van der Waals surface area contributed by atoms with Crippen molar-refractivity contribution in [2.45, 2.75) is 31.8 Å². The molecule has 4 nitrogen and oxygen atoms in total. The predicted molar refractivity (Wildman–Crippen MR) is 58.0 cm³/mol. The van der Waals surface area contributed by atoms with Crippen molar-refractivity contribution in [1.29, 1.82) is 0 Å². The lowest BCUT2D eigenvalue weighted by Gasteiger charge is -2.21. The molecule has 1 atom stereocenters. The van der Waals surface area contributed by atoms with E-state index in [4.69, 9.17) is 10.5 Å². The van der Waals surface area contributed by atoms with Crippen molar-refractivity contribution in [3.05, 3.63) is 0 Å². The summed E-state index contributed by atoms with van der Waals surface area (Å²) in [5, 5.41) is 2.64. The molecule has 1 amide bonds. The van der Waals surface area contributed by atoms with Crippen molar-refractivity contribution in [2.75, 3.05) is 13.2 Å². The van der Waals surface area contributed by atoms with E-state index < -0.39 is 0 Å². The number of thiocarbonyl (C=S) groups is 1. The Hall–Kier alpha value is -0.680. The monoisotopic (exact) mass is 216 g/mol. The number of hydrogen-bond donors (Lipinski definition) is 2. The maximum Gasteiger partial charge on any atom is 0.222 e. The fourth-order valence-corrected chi connectivity index (χ4v) is 1.51. The Labute approximate surface area is 89.2 Å². The Bertz CT molecular complexity index is 215. The summed E-state index contributed by atoms with van der Waals surface area (Å²) in [5.41, 5.74) is 5.26. The minimum atomic E-state index is -0.0373. The molecule has 0 aromatic heterocycles. The van der Waals surface area contributed by atoms with Crippen molar-refractivity contribution >= 4 is 23.1 Å². The van der Waals surface area contributed by atoms with Gasteiger partial charge in [0.15, 0.2) is 0 Å². The first-order valence-corrected chi connectivity index (χ1v) is 5.26. The lowest BCUT2D eigenvalue weighted by atomic mass is 10.1. The minimum absolute atomic E-state index is 0.0373. The number of nitrogens with two attached hydrogens (primary N) is 1. The lowest BCUT2D eigenvalue weighted by Crippen LogP contribution is -2.35. The van der Waals surface area contributed by atoms with Crippen LogP contribution in [-0.2, 0) is 9.53 Å². The number of hydrogen-bond acceptors (Lipinski definition) is 3. The predicted octanol–water partition coefficient (Wildman–Crippen LogP) is 0.348. The van der Waals surface area contributed by atoms with Gasteiger partial charge in [-0.1, -0.05) is 12.2 Å². The highest BCUT2D eigenvalue weighted by Crippen LogP contribution is 2.15. The summed E-state index contributed by atoms with van der Waals surface area (Å²) in [7, 11) is 0. The Kier molecular flexibility index (Phi) is 4.82. The quantitative estimate of drug-likeness (QED) is 0.665. The van der Waals surface area contributed by atoms with Gasteiger partial charge in [0.2, 0.25) is 5.91 Å². The van der Waals surface area contributed by atoms with Crippen LogP contribution >= 0.6 is 12.2 Å². The second-order valence-corrected chi connectivity index (χ2v) is 3.96. The summed E-state index contributed by atoms with van der Waals surface area (Å²) in [4.78, 5) is 11.6. The zero-order chi connectivity index (χ0) is 10.4. The van der Waals surface area contributed by atoms with Crippen LogP contribution in [0.4, 0.5) is 0 Å². The summed E-state index contributed by atoms with van der Waals surface area (Å²) >= 11 is 4.65. The van der Waals surface area contributed by atoms with Crippen LogP contribution in [0.5, 0.6) is 0 Å². The number of amides is 1. The van der Waals surface area contributed by atoms with Crippen LogP contribution in [0.1, 0.15) is 25.7 Å². The normalized spacial score (nSPS) is 21.6. The Morgan fingerprint density at radius 3 is 2.93 bits per heavy atom. The minimum Gasteiger partial charge on any atom is -0.392 e. The highest BCUT2D eigenvalue weighted by molar-refractivity contribution is 7.80. The van der Waals surface area contributed by atoms with E-state index in [1.807, 2.05) is 0 Å². The van der Waals surface area contributed by atoms with E-state index in [1.54, 1.807) is 0 Å². The summed E-state index contributed by atoms with van der Waals surface area (Å²) in [6, 6.07) is 0. The zero-order valence-electron chi connectivity index (χ0n) is 8.12. The molecule has 80 valence electrons. The molecular formula is C9H16N2O2S. The maximum absolute atomic E-state index is 11.3. The molecule has 1 aliphatic heterocycles. The second kappa shape index (κ2) is 5.93. The molecule has 0 saturated carbocycles. The van der Waals surface area contributed by atoms with Crippen molar-refractivity contribution in [1.82, 2.24) is 5.32 Å². The first-order valence-electron chi connectivity index (χ1n) is 4.85. The molecule has 1 saturated heterocycles. The second-order valence-electron chi connectivity index (χ2n) is 3.44. The Balaban J connectivity index is 2.15. The molecule has 1 rings (SSSR count). The van der Waals surface area contributed by atoms with E-state index in [9.17, 15) is 4.79 Å². The molecule has 1 aliphatic rings. The van der Waals surface area contributed by atoms with Gasteiger partial charge >= 0.3 is 0 Å². The van der Waals surface area contributed by atoms with Crippen molar-refractivity contribution in [2.24, 2.45) is 5.73 Å². The summed E-state index contributed by atoms with van der Waals surface area (Å²) in [6.45, 7) is 1.05. The van der Waals surface area contributed by atoms with Crippen LogP contribution in [0.25, 0.3) is 0 Å². The SMILES string of the molecule is NC(=S)CNC(=O)CC1CCCCO1. The topological polar surface area (TPSA) is 64.3 Å². The van der Waals surface area contributed by atoms with Crippen molar-refractivity contribution in [3.63, 3.8) is 0 Å². The zero-order valence-corrected chi connectivity index (χ0v) is 8.94. The average Bonchev–Trinajstić information content (AvgIpc) is 2.16. The van der Waals surface area contributed by atoms with Crippen molar-refractivity contribution < 1.29 is 9.53 Å². The molecule has 1 fully saturated rings. The summed E-state index contributed by atoms with van der Waals surface area (Å²) < 4.78 is 5.43. The van der Waals surface area contributed by atoms with E-state index in [2.05, 4.69) is 17.5 Å². The molecule has 0 spiro atoms. The Morgan fingerprint density at radius 1 is 1.57 bits per heavy atom. The van der Waals surface area contributed by atoms with Crippen LogP contribution in [0.2, 0.25) is 0 Å². The first kappa shape index (κ1) is 11.4. The molecule has 14 heavy (non-hydrogen) atoms. The summed E-state index contributed by atoms with van der Waals surface area (Å²) in [5.74, 6) is -0.0373. The Morgan fingerprint density at radius 2 is 2.36 bits per heavy atom. The van der Waals surface area contributed by atoms with Gasteiger partial charge in [0.1, 0.15) is 0 Å². The smallest absolute Gasteiger partial charge is 0.222 e. The van der Waals surface area contributed by atoms with Crippen LogP contribution < -0.4 is 11.1 Å². The molecule has 0 aromatic carbocycles. The number of nitrogens with one attached hydrogen (secondary N) is 1. The molecule has 0 aliphatic carbocycles. The third-order valence-electron chi connectivity index (χ3n) is 2.15. The molecule has 1 heterocycles. The molecular weight excluding hydrogens is 200 g/mol. The van der Waals surface area contributed by atoms with Gasteiger partial charge < -0.3 is 15.8 Å². The fraction of sp³-hybridized carbons (Fsp3) is 0.778. The molecule has 3 N–H and O–H groups in total. The molecule has 1 unspecified atom stereocenters. The van der Waals surface area contributed by atoms with Gasteiger partial charge in [-0.2, -0.15) is 0 Å². The largest absolute Gasteiger partial charge is 0.392 e. The first-order chi connectivity index (χ1) is 6.68. The van der Waals surface area contributed by atoms with Gasteiger partial charge in [-0.3, -0.25) is 4.79 Å². The molecule has 0 bridgehead atoms. The van der Waals surface area contributed by atoms with Gasteiger partial charge in [-0.05, 0) is 19.3 Å². The van der Waals surface area contributed by atoms with E-state index in [1.165, 1.54) is 0 Å². The van der Waals surface area contributed by atoms with Gasteiger partial charge in [-0.25, -0.2) is 0 Å². The van der Waals surface area contributed by atoms with Crippen LogP contribution in [0.3, 0.4) is 0 Å². The fourth-order valence-electron chi connectivity index (χ4n) is 1.43. The highest BCUT2D eigenvalue weighted by atomic mass is 32.1. The number of carbonyl (C=O) groups excluding carboxylic acids is 1. The highest BCUT2D eigenvalue weighted by Gasteiger charge is 2.17. The van der Waals surface area contributed by atoms with Gasteiger partial charge in [0, 0.05) is 6.61 Å². The number of ether oxygens (including phenoxy) is 1. The van der Waals surface area contributed by atoms with Gasteiger partial charge in [0.25, 0.3) is 0 Å². The molecule has 0 aromatic rings. The lowest BCUT2D eigenvalue weighted by molar-refractivity contribution is -0.124. The van der Waals surface area contributed by atoms with E-state index in [-0.39, 0.29) is 18.6 Å². The third kappa shape index (κ3) is 4.53. The van der Waals surface area contributed by atoms with Crippen LogP contribution in [0, 0.1) is 0 Å². The molecule has 0 radical (unpaired) electrons. The van der Waals surface area contributed by atoms with Crippen molar-refractivity contribution in [3.8, 4) is 0 Å². The number of carbonyl (C=O) groups is 1.